The molecular weight excluding hydrogens is 216 g/mol. The van der Waals surface area contributed by atoms with E-state index in [4.69, 9.17) is 11.6 Å². The largest absolute Gasteiger partial charge is 0.360 e. The lowest BCUT2D eigenvalue weighted by molar-refractivity contribution is -0.119. The molecule has 0 spiro atoms. The molecule has 0 aliphatic heterocycles. The van der Waals surface area contributed by atoms with Gasteiger partial charge in [0.15, 0.2) is 5.15 Å². The number of carbonyl (C=O) groups excluding carboxylic acids is 1. The zero-order valence-electron chi connectivity index (χ0n) is 8.62. The first-order valence-electron chi connectivity index (χ1n) is 4.60. The van der Waals surface area contributed by atoms with Crippen molar-refractivity contribution in [1.29, 1.82) is 0 Å². The summed E-state index contributed by atoms with van der Waals surface area (Å²) in [5, 5.41) is 13.3. The van der Waals surface area contributed by atoms with Crippen molar-refractivity contribution in [3.05, 3.63) is 17.3 Å². The van der Waals surface area contributed by atoms with Crippen LogP contribution in [0.15, 0.2) is 12.1 Å². The predicted molar refractivity (Wildman–Crippen MR) is 58.8 cm³/mol. The number of carbonyl (C=O) groups is 1. The van der Waals surface area contributed by atoms with Crippen LogP contribution in [-0.4, -0.2) is 28.7 Å². The lowest BCUT2D eigenvalue weighted by Gasteiger charge is -2.08. The van der Waals surface area contributed by atoms with Crippen molar-refractivity contribution in [2.24, 2.45) is 0 Å². The molecule has 0 radical (unpaired) electrons. The van der Waals surface area contributed by atoms with Gasteiger partial charge in [-0.2, -0.15) is 0 Å². The molecule has 0 saturated heterocycles. The van der Waals surface area contributed by atoms with Gasteiger partial charge in [-0.05, 0) is 26.0 Å². The molecule has 0 saturated carbocycles. The second-order valence-electron chi connectivity index (χ2n) is 3.32. The van der Waals surface area contributed by atoms with Gasteiger partial charge in [-0.1, -0.05) is 11.6 Å². The van der Waals surface area contributed by atoms with Crippen LogP contribution in [0.2, 0.25) is 5.15 Å². The first-order chi connectivity index (χ1) is 7.08. The lowest BCUT2D eigenvalue weighted by Crippen LogP contribution is -2.34. The topological polar surface area (TPSA) is 66.9 Å². The highest BCUT2D eigenvalue weighted by molar-refractivity contribution is 6.29. The monoisotopic (exact) mass is 228 g/mol. The predicted octanol–water partition coefficient (Wildman–Crippen LogP) is 1.07. The summed E-state index contributed by atoms with van der Waals surface area (Å²) in [6.45, 7) is 3.98. The van der Waals surface area contributed by atoms with Crippen molar-refractivity contribution in [3.63, 3.8) is 0 Å². The molecule has 0 unspecified atom stereocenters. The first-order valence-corrected chi connectivity index (χ1v) is 4.98. The van der Waals surface area contributed by atoms with Gasteiger partial charge in [-0.3, -0.25) is 4.79 Å². The number of hydrogen-bond acceptors (Lipinski definition) is 4. The summed E-state index contributed by atoms with van der Waals surface area (Å²) in [4.78, 5) is 11.2. The van der Waals surface area contributed by atoms with E-state index in [1.54, 1.807) is 12.1 Å². The maximum absolute atomic E-state index is 11.2. The Bertz CT molecular complexity index is 325. The molecule has 1 aromatic rings. The van der Waals surface area contributed by atoms with Crippen LogP contribution < -0.4 is 10.6 Å². The van der Waals surface area contributed by atoms with Gasteiger partial charge in [0.05, 0.1) is 6.54 Å². The maximum Gasteiger partial charge on any atom is 0.239 e. The van der Waals surface area contributed by atoms with Crippen molar-refractivity contribution in [2.75, 3.05) is 11.9 Å². The normalized spacial score (nSPS) is 10.1. The quantitative estimate of drug-likeness (QED) is 0.809. The van der Waals surface area contributed by atoms with E-state index >= 15 is 0 Å². The number of anilines is 1. The molecule has 2 N–H and O–H groups in total. The zero-order chi connectivity index (χ0) is 11.3. The summed E-state index contributed by atoms with van der Waals surface area (Å²) >= 11 is 5.56. The fraction of sp³-hybridized carbons (Fsp3) is 0.444. The highest BCUT2D eigenvalue weighted by Crippen LogP contribution is 2.05. The first kappa shape index (κ1) is 11.7. The van der Waals surface area contributed by atoms with Gasteiger partial charge in [0.2, 0.25) is 5.91 Å². The molecule has 0 aliphatic rings. The Balaban J connectivity index is 2.37. The summed E-state index contributed by atoms with van der Waals surface area (Å²) in [7, 11) is 0. The molecule has 0 fully saturated rings. The van der Waals surface area contributed by atoms with Gasteiger partial charge < -0.3 is 10.6 Å². The standard InChI is InChI=1S/C9H13ClN4O/c1-6(2)12-9(15)5-11-8-4-3-7(10)13-14-8/h3-4,6H,5H2,1-2H3,(H,11,14)(H,12,15). The summed E-state index contributed by atoms with van der Waals surface area (Å²) in [5.41, 5.74) is 0. The van der Waals surface area contributed by atoms with Crippen LogP contribution in [0.5, 0.6) is 0 Å². The van der Waals surface area contributed by atoms with Crippen molar-refractivity contribution < 1.29 is 4.79 Å². The van der Waals surface area contributed by atoms with E-state index in [9.17, 15) is 4.79 Å². The Morgan fingerprint density at radius 2 is 2.20 bits per heavy atom. The Hall–Kier alpha value is -1.36. The Kier molecular flexibility index (Phi) is 4.30. The Morgan fingerprint density at radius 1 is 1.47 bits per heavy atom. The molecule has 82 valence electrons. The third kappa shape index (κ3) is 4.60. The van der Waals surface area contributed by atoms with Crippen LogP contribution in [0.4, 0.5) is 5.82 Å². The van der Waals surface area contributed by atoms with E-state index in [1.165, 1.54) is 0 Å². The molecule has 1 heterocycles. The Labute approximate surface area is 93.2 Å². The van der Waals surface area contributed by atoms with Crippen LogP contribution in [0.1, 0.15) is 13.8 Å². The number of amides is 1. The second kappa shape index (κ2) is 5.50. The zero-order valence-corrected chi connectivity index (χ0v) is 9.38. The van der Waals surface area contributed by atoms with Crippen LogP contribution in [0, 0.1) is 0 Å². The lowest BCUT2D eigenvalue weighted by atomic mass is 10.4. The second-order valence-corrected chi connectivity index (χ2v) is 3.70. The minimum Gasteiger partial charge on any atom is -0.360 e. The fourth-order valence-electron chi connectivity index (χ4n) is 0.954. The highest BCUT2D eigenvalue weighted by Gasteiger charge is 2.03. The van der Waals surface area contributed by atoms with Crippen molar-refractivity contribution >= 4 is 23.3 Å². The smallest absolute Gasteiger partial charge is 0.239 e. The molecule has 0 aromatic carbocycles. The summed E-state index contributed by atoms with van der Waals surface area (Å²) < 4.78 is 0. The minimum atomic E-state index is -0.0817. The van der Waals surface area contributed by atoms with E-state index < -0.39 is 0 Å². The molecular formula is C9H13ClN4O. The van der Waals surface area contributed by atoms with E-state index in [0.717, 1.165) is 0 Å². The van der Waals surface area contributed by atoms with Crippen LogP contribution >= 0.6 is 11.6 Å². The van der Waals surface area contributed by atoms with E-state index in [0.29, 0.717) is 11.0 Å². The summed E-state index contributed by atoms with van der Waals surface area (Å²) in [6, 6.07) is 3.41. The van der Waals surface area contributed by atoms with E-state index in [1.807, 2.05) is 13.8 Å². The summed E-state index contributed by atoms with van der Waals surface area (Å²) in [5.74, 6) is 0.444. The number of nitrogens with zero attached hydrogens (tertiary/aromatic N) is 2. The molecule has 0 aliphatic carbocycles. The van der Waals surface area contributed by atoms with Crippen LogP contribution in [0.3, 0.4) is 0 Å². The average molecular weight is 229 g/mol. The number of aromatic nitrogens is 2. The molecule has 1 amide bonds. The Morgan fingerprint density at radius 3 is 2.73 bits per heavy atom. The van der Waals surface area contributed by atoms with E-state index in [-0.39, 0.29) is 18.5 Å². The summed E-state index contributed by atoms with van der Waals surface area (Å²) in [6.07, 6.45) is 0. The third-order valence-corrected chi connectivity index (χ3v) is 1.71. The SMILES string of the molecule is CC(C)NC(=O)CNc1ccc(Cl)nn1. The van der Waals surface area contributed by atoms with Gasteiger partial charge in [-0.25, -0.2) is 0 Å². The third-order valence-electron chi connectivity index (χ3n) is 1.51. The molecule has 0 bridgehead atoms. The maximum atomic E-state index is 11.2. The van der Waals surface area contributed by atoms with Crippen LogP contribution in [0.25, 0.3) is 0 Å². The molecule has 1 rings (SSSR count). The molecule has 15 heavy (non-hydrogen) atoms. The number of hydrogen-bond donors (Lipinski definition) is 2. The molecule has 1 aromatic heterocycles. The number of halogens is 1. The van der Waals surface area contributed by atoms with E-state index in [2.05, 4.69) is 20.8 Å². The minimum absolute atomic E-state index is 0.0817. The fourth-order valence-corrected chi connectivity index (χ4v) is 1.05. The van der Waals surface area contributed by atoms with Gasteiger partial charge in [0.25, 0.3) is 0 Å². The molecule has 6 heteroatoms. The molecule has 0 atom stereocenters. The van der Waals surface area contributed by atoms with Gasteiger partial charge in [-0.15, -0.1) is 10.2 Å². The highest BCUT2D eigenvalue weighted by atomic mass is 35.5. The van der Waals surface area contributed by atoms with Crippen LogP contribution in [-0.2, 0) is 4.79 Å². The average Bonchev–Trinajstić information content (AvgIpc) is 2.16. The van der Waals surface area contributed by atoms with Gasteiger partial charge >= 0.3 is 0 Å². The van der Waals surface area contributed by atoms with Crippen molar-refractivity contribution in [3.8, 4) is 0 Å². The number of nitrogens with one attached hydrogen (secondary N) is 2. The van der Waals surface area contributed by atoms with Crippen molar-refractivity contribution in [1.82, 2.24) is 15.5 Å². The number of rotatable bonds is 4. The van der Waals surface area contributed by atoms with Gasteiger partial charge in [0, 0.05) is 6.04 Å². The van der Waals surface area contributed by atoms with Gasteiger partial charge in [0.1, 0.15) is 5.82 Å². The molecule has 5 nitrogen and oxygen atoms in total. The van der Waals surface area contributed by atoms with Crippen molar-refractivity contribution in [2.45, 2.75) is 19.9 Å².